The zero-order chi connectivity index (χ0) is 16.5. The summed E-state index contributed by atoms with van der Waals surface area (Å²) >= 11 is 0. The number of hydrogen-bond acceptors (Lipinski definition) is 7. The van der Waals surface area contributed by atoms with E-state index in [1.165, 1.54) is 0 Å². The normalized spacial score (nSPS) is 15.9. The Labute approximate surface area is 131 Å². The van der Waals surface area contributed by atoms with Gasteiger partial charge in [-0.1, -0.05) is 5.21 Å². The Morgan fingerprint density at radius 2 is 2.39 bits per heavy atom. The van der Waals surface area contributed by atoms with Crippen molar-refractivity contribution in [3.8, 4) is 0 Å². The smallest absolute Gasteiger partial charge is 0.290 e. The average molecular weight is 322 g/mol. The van der Waals surface area contributed by atoms with Crippen LogP contribution in [0.25, 0.3) is 0 Å². The zero-order valence-corrected chi connectivity index (χ0v) is 12.4. The van der Waals surface area contributed by atoms with Crippen LogP contribution in [0.3, 0.4) is 0 Å². The first-order valence-electron chi connectivity index (χ1n) is 7.19. The van der Waals surface area contributed by atoms with Gasteiger partial charge in [0.05, 0.1) is 12.5 Å². The summed E-state index contributed by atoms with van der Waals surface area (Å²) in [6.45, 7) is 0.986. The minimum absolute atomic E-state index is 0.0191. The van der Waals surface area contributed by atoms with Crippen LogP contribution in [0.4, 0.5) is 0 Å². The molecule has 11 nitrogen and oxygen atoms in total. The minimum atomic E-state index is -0.250. The molecule has 1 aliphatic heterocycles. The highest BCUT2D eigenvalue weighted by Crippen LogP contribution is 2.17. The van der Waals surface area contributed by atoms with E-state index in [4.69, 9.17) is 9.90 Å². The molecule has 2 aromatic rings. The summed E-state index contributed by atoms with van der Waals surface area (Å²) < 4.78 is 1.81. The lowest BCUT2D eigenvalue weighted by Gasteiger charge is -2.21. The predicted octanol–water partition coefficient (Wildman–Crippen LogP) is -1.20. The molecule has 2 aromatic heterocycles. The Kier molecular flexibility index (Phi) is 6.15. The molecule has 124 valence electrons. The third-order valence-corrected chi connectivity index (χ3v) is 3.44. The van der Waals surface area contributed by atoms with E-state index in [9.17, 15) is 4.79 Å². The van der Waals surface area contributed by atoms with Gasteiger partial charge < -0.3 is 10.4 Å². The Balaban J connectivity index is 0.000000595. The Bertz CT molecular complexity index is 612. The number of nitrogens with one attached hydrogen (secondary N) is 2. The third kappa shape index (κ3) is 4.83. The highest BCUT2D eigenvalue weighted by atomic mass is 16.3. The van der Waals surface area contributed by atoms with Crippen LogP contribution >= 0.6 is 0 Å². The molecule has 0 saturated carbocycles. The van der Waals surface area contributed by atoms with Gasteiger partial charge in [-0.05, 0) is 12.8 Å². The van der Waals surface area contributed by atoms with Gasteiger partial charge in [-0.2, -0.15) is 10.3 Å². The summed E-state index contributed by atoms with van der Waals surface area (Å²) in [4.78, 5) is 24.6. The summed E-state index contributed by atoms with van der Waals surface area (Å²) in [5, 5.41) is 27.6. The van der Waals surface area contributed by atoms with E-state index >= 15 is 0 Å². The van der Waals surface area contributed by atoms with Crippen LogP contribution in [0.5, 0.6) is 0 Å². The molecule has 3 rings (SSSR count). The highest BCUT2D eigenvalue weighted by Gasteiger charge is 2.25. The number of tetrazole rings is 1. The number of carboxylic acid groups (broad SMARTS) is 1. The number of rotatable bonds is 5. The van der Waals surface area contributed by atoms with Gasteiger partial charge in [0, 0.05) is 19.4 Å². The maximum absolute atomic E-state index is 12.1. The second kappa shape index (κ2) is 8.56. The minimum Gasteiger partial charge on any atom is -0.483 e. The second-order valence-corrected chi connectivity index (χ2v) is 4.92. The highest BCUT2D eigenvalue weighted by molar-refractivity contribution is 5.78. The van der Waals surface area contributed by atoms with Crippen LogP contribution < -0.4 is 5.32 Å². The molecular formula is C12H18N8O3. The van der Waals surface area contributed by atoms with E-state index < -0.39 is 0 Å². The van der Waals surface area contributed by atoms with Crippen LogP contribution in [0, 0.1) is 5.92 Å². The monoisotopic (exact) mass is 322 g/mol. The molecule has 0 aromatic carbocycles. The fourth-order valence-electron chi connectivity index (χ4n) is 2.34. The van der Waals surface area contributed by atoms with Crippen molar-refractivity contribution >= 4 is 12.4 Å². The average Bonchev–Trinajstić information content (AvgIpc) is 3.22. The van der Waals surface area contributed by atoms with Gasteiger partial charge in [0.1, 0.15) is 12.2 Å². The molecule has 0 radical (unpaired) electrons. The van der Waals surface area contributed by atoms with E-state index in [0.717, 1.165) is 25.1 Å². The predicted molar refractivity (Wildman–Crippen MR) is 76.0 cm³/mol. The van der Waals surface area contributed by atoms with E-state index in [2.05, 4.69) is 36.0 Å². The number of fused-ring (bicyclic) bond motifs is 1. The van der Waals surface area contributed by atoms with E-state index in [0.29, 0.717) is 25.3 Å². The van der Waals surface area contributed by atoms with Gasteiger partial charge in [-0.3, -0.25) is 9.59 Å². The van der Waals surface area contributed by atoms with Crippen molar-refractivity contribution in [2.24, 2.45) is 5.92 Å². The van der Waals surface area contributed by atoms with Crippen LogP contribution in [0.1, 0.15) is 24.5 Å². The summed E-state index contributed by atoms with van der Waals surface area (Å²) in [5.41, 5.74) is 0. The first-order chi connectivity index (χ1) is 11.2. The molecule has 0 aliphatic carbocycles. The van der Waals surface area contributed by atoms with Crippen molar-refractivity contribution in [3.05, 3.63) is 18.0 Å². The molecule has 1 amide bonds. The van der Waals surface area contributed by atoms with Crippen molar-refractivity contribution in [1.29, 1.82) is 0 Å². The number of nitrogens with zero attached hydrogens (tertiary/aromatic N) is 6. The van der Waals surface area contributed by atoms with Crippen molar-refractivity contribution in [3.63, 3.8) is 0 Å². The number of H-pyrrole nitrogens is 1. The summed E-state index contributed by atoms with van der Waals surface area (Å²) in [6, 6.07) is 0. The maximum atomic E-state index is 12.1. The molecule has 3 heterocycles. The molecule has 11 heteroatoms. The number of aryl methyl sites for hydroxylation is 2. The number of aromatic nitrogens is 7. The Hall–Kier alpha value is -2.85. The van der Waals surface area contributed by atoms with Gasteiger partial charge in [-0.25, -0.2) is 9.67 Å². The first kappa shape index (κ1) is 16.5. The van der Waals surface area contributed by atoms with Gasteiger partial charge >= 0.3 is 0 Å². The number of carbonyl (C=O) groups is 2. The van der Waals surface area contributed by atoms with Gasteiger partial charge in [0.2, 0.25) is 5.91 Å². The fourth-order valence-corrected chi connectivity index (χ4v) is 2.34. The molecular weight excluding hydrogens is 304 g/mol. The quantitative estimate of drug-likeness (QED) is 0.458. The van der Waals surface area contributed by atoms with E-state index in [1.54, 1.807) is 6.33 Å². The van der Waals surface area contributed by atoms with Crippen molar-refractivity contribution in [2.75, 3.05) is 6.54 Å². The SMILES string of the molecule is O=C(NCCCc1nn[nH]n1)C1CCc2ncnn2C1.O=CO. The molecule has 1 atom stereocenters. The third-order valence-electron chi connectivity index (χ3n) is 3.44. The molecule has 3 N–H and O–H groups in total. The zero-order valence-electron chi connectivity index (χ0n) is 12.4. The second-order valence-electron chi connectivity index (χ2n) is 4.92. The van der Waals surface area contributed by atoms with E-state index in [1.807, 2.05) is 4.68 Å². The lowest BCUT2D eigenvalue weighted by molar-refractivity contribution is -0.126. The molecule has 23 heavy (non-hydrogen) atoms. The van der Waals surface area contributed by atoms with Crippen LogP contribution in [-0.4, -0.2) is 59.4 Å². The van der Waals surface area contributed by atoms with Crippen molar-refractivity contribution in [1.82, 2.24) is 40.7 Å². The van der Waals surface area contributed by atoms with Gasteiger partial charge in [0.25, 0.3) is 6.47 Å². The summed E-state index contributed by atoms with van der Waals surface area (Å²) in [7, 11) is 0. The number of carbonyl (C=O) groups excluding carboxylic acids is 1. The largest absolute Gasteiger partial charge is 0.483 e. The molecule has 0 fully saturated rings. The fraction of sp³-hybridized carbons (Fsp3) is 0.583. The lowest BCUT2D eigenvalue weighted by atomic mass is 9.99. The van der Waals surface area contributed by atoms with Gasteiger partial charge in [-0.15, -0.1) is 10.2 Å². The number of hydrogen-bond donors (Lipinski definition) is 3. The number of aromatic amines is 1. The maximum Gasteiger partial charge on any atom is 0.290 e. The Morgan fingerprint density at radius 3 is 3.13 bits per heavy atom. The molecule has 1 aliphatic rings. The van der Waals surface area contributed by atoms with Crippen molar-refractivity contribution in [2.45, 2.75) is 32.2 Å². The molecule has 1 unspecified atom stereocenters. The molecule has 0 saturated heterocycles. The standard InChI is InChI=1S/C11H16N8O.CH2O2/c20-11(12-5-1-2-9-15-17-18-16-9)8-3-4-10-13-7-14-19(10)6-8;2-1-3/h7-8H,1-6H2,(H,12,20)(H,15,16,17,18);1H,(H,2,3). The van der Waals surface area contributed by atoms with Crippen LogP contribution in [0.2, 0.25) is 0 Å². The first-order valence-corrected chi connectivity index (χ1v) is 7.19. The van der Waals surface area contributed by atoms with E-state index in [-0.39, 0.29) is 18.3 Å². The van der Waals surface area contributed by atoms with Gasteiger partial charge in [0.15, 0.2) is 5.82 Å². The van der Waals surface area contributed by atoms with Crippen LogP contribution in [0.15, 0.2) is 6.33 Å². The van der Waals surface area contributed by atoms with Crippen molar-refractivity contribution < 1.29 is 14.7 Å². The molecule has 0 spiro atoms. The number of amides is 1. The molecule has 0 bridgehead atoms. The Morgan fingerprint density at radius 1 is 1.57 bits per heavy atom. The summed E-state index contributed by atoms with van der Waals surface area (Å²) in [5.74, 6) is 1.70. The lowest BCUT2D eigenvalue weighted by Crippen LogP contribution is -2.36. The topological polar surface area (TPSA) is 152 Å². The van der Waals surface area contributed by atoms with Crippen LogP contribution in [-0.2, 0) is 29.0 Å². The summed E-state index contributed by atoms with van der Waals surface area (Å²) in [6.07, 6.45) is 4.68.